The fourth-order valence-electron chi connectivity index (χ4n) is 1.84. The Balaban J connectivity index is 2.79. The molecule has 1 rings (SSSR count). The number of carboxylic acid groups (broad SMARTS) is 1. The van der Waals surface area contributed by atoms with Crippen molar-refractivity contribution in [3.05, 3.63) is 11.9 Å². The lowest BCUT2D eigenvalue weighted by molar-refractivity contribution is -0.133. The van der Waals surface area contributed by atoms with Crippen molar-refractivity contribution in [2.45, 2.75) is 45.3 Å². The number of nitrogens with zero attached hydrogens (tertiary/aromatic N) is 2. The molecule has 0 bridgehead atoms. The molecule has 0 saturated heterocycles. The van der Waals surface area contributed by atoms with Crippen LogP contribution in [0.4, 0.5) is 0 Å². The van der Waals surface area contributed by atoms with Gasteiger partial charge in [-0.25, -0.2) is 4.98 Å². The van der Waals surface area contributed by atoms with E-state index < -0.39 is 5.97 Å². The minimum atomic E-state index is -0.807. The quantitative estimate of drug-likeness (QED) is 0.795. The monoisotopic (exact) mass is 256 g/mol. The number of aryl methyl sites for hydroxylation is 1. The van der Waals surface area contributed by atoms with Crippen molar-refractivity contribution in [3.63, 3.8) is 0 Å². The molecule has 4 nitrogen and oxygen atoms in total. The Morgan fingerprint density at radius 3 is 2.71 bits per heavy atom. The van der Waals surface area contributed by atoms with Crippen LogP contribution in [0.2, 0.25) is 0 Å². The first-order valence-corrected chi connectivity index (χ1v) is 6.78. The largest absolute Gasteiger partial charge is 0.481 e. The molecular weight excluding hydrogens is 236 g/mol. The molecule has 0 aliphatic rings. The van der Waals surface area contributed by atoms with Gasteiger partial charge in [-0.05, 0) is 26.2 Å². The van der Waals surface area contributed by atoms with Gasteiger partial charge in [-0.2, -0.15) is 0 Å². The Morgan fingerprint density at radius 1 is 1.53 bits per heavy atom. The van der Waals surface area contributed by atoms with Crippen LogP contribution in [0.3, 0.4) is 0 Å². The van der Waals surface area contributed by atoms with E-state index >= 15 is 0 Å². The highest BCUT2D eigenvalue weighted by Gasteiger charge is 2.14. The average Bonchev–Trinajstić information content (AvgIpc) is 2.55. The fraction of sp³-hybridized carbons (Fsp3) is 0.667. The topological polar surface area (TPSA) is 55.1 Å². The van der Waals surface area contributed by atoms with Gasteiger partial charge in [-0.3, -0.25) is 4.79 Å². The summed E-state index contributed by atoms with van der Waals surface area (Å²) in [5, 5.41) is 9.50. The van der Waals surface area contributed by atoms with E-state index in [1.165, 1.54) is 11.8 Å². The summed E-state index contributed by atoms with van der Waals surface area (Å²) in [6, 6.07) is 0.354. The molecule has 0 fully saturated rings. The molecule has 1 heterocycles. The molecule has 0 saturated carbocycles. The van der Waals surface area contributed by atoms with Gasteiger partial charge in [0.2, 0.25) is 0 Å². The van der Waals surface area contributed by atoms with Gasteiger partial charge in [0.25, 0.3) is 0 Å². The summed E-state index contributed by atoms with van der Waals surface area (Å²) >= 11 is 1.28. The molecule has 96 valence electrons. The van der Waals surface area contributed by atoms with Crippen molar-refractivity contribution in [3.8, 4) is 0 Å². The van der Waals surface area contributed by atoms with E-state index in [4.69, 9.17) is 5.11 Å². The molecule has 1 atom stereocenters. The van der Waals surface area contributed by atoms with Crippen LogP contribution in [0.25, 0.3) is 0 Å². The van der Waals surface area contributed by atoms with Gasteiger partial charge in [0.15, 0.2) is 5.16 Å². The van der Waals surface area contributed by atoms with Crippen molar-refractivity contribution in [1.29, 1.82) is 0 Å². The van der Waals surface area contributed by atoms with E-state index in [1.807, 2.05) is 13.1 Å². The Morgan fingerprint density at radius 2 is 2.18 bits per heavy atom. The van der Waals surface area contributed by atoms with E-state index in [9.17, 15) is 4.79 Å². The van der Waals surface area contributed by atoms with Crippen molar-refractivity contribution >= 4 is 17.7 Å². The van der Waals surface area contributed by atoms with Crippen LogP contribution in [0, 0.1) is 12.8 Å². The number of hydrogen-bond donors (Lipinski definition) is 1. The molecule has 0 aromatic carbocycles. The fourth-order valence-corrected chi connectivity index (χ4v) is 2.68. The maximum atomic E-state index is 10.6. The zero-order chi connectivity index (χ0) is 13.0. The second-order valence-corrected chi connectivity index (χ2v) is 5.68. The van der Waals surface area contributed by atoms with Gasteiger partial charge in [-0.1, -0.05) is 25.6 Å². The number of carbonyl (C=O) groups is 1. The van der Waals surface area contributed by atoms with Gasteiger partial charge >= 0.3 is 5.97 Å². The molecule has 1 aromatic rings. The average molecular weight is 256 g/mol. The van der Waals surface area contributed by atoms with Crippen LogP contribution in [-0.4, -0.2) is 26.4 Å². The van der Waals surface area contributed by atoms with Crippen LogP contribution in [0.15, 0.2) is 11.4 Å². The highest BCUT2D eigenvalue weighted by molar-refractivity contribution is 7.99. The first kappa shape index (κ1) is 14.1. The third-order valence-corrected chi connectivity index (χ3v) is 3.38. The Kier molecular flexibility index (Phi) is 5.05. The highest BCUT2D eigenvalue weighted by atomic mass is 32.2. The summed E-state index contributed by atoms with van der Waals surface area (Å²) in [4.78, 5) is 15.0. The summed E-state index contributed by atoms with van der Waals surface area (Å²) in [7, 11) is 0. The Labute approximate surface area is 106 Å². The Bertz CT molecular complexity index is 388. The minimum Gasteiger partial charge on any atom is -0.481 e. The number of carboxylic acids is 1. The molecule has 5 heteroatoms. The van der Waals surface area contributed by atoms with E-state index in [1.54, 1.807) is 0 Å². The Hall–Kier alpha value is -0.970. The van der Waals surface area contributed by atoms with Gasteiger partial charge in [0.05, 0.1) is 11.4 Å². The van der Waals surface area contributed by atoms with Gasteiger partial charge in [0.1, 0.15) is 0 Å². The van der Waals surface area contributed by atoms with Crippen LogP contribution in [0.5, 0.6) is 0 Å². The number of imidazole rings is 1. The first-order valence-electron chi connectivity index (χ1n) is 5.80. The zero-order valence-corrected chi connectivity index (χ0v) is 11.6. The molecular formula is C12H20N2O2S. The molecule has 1 aromatic heterocycles. The van der Waals surface area contributed by atoms with Gasteiger partial charge < -0.3 is 9.67 Å². The molecule has 0 aliphatic heterocycles. The number of thioether (sulfide) groups is 1. The predicted octanol–water partition coefficient (Wildman–Crippen LogP) is 2.98. The molecule has 17 heavy (non-hydrogen) atoms. The van der Waals surface area contributed by atoms with E-state index in [-0.39, 0.29) is 5.75 Å². The van der Waals surface area contributed by atoms with Gasteiger partial charge in [-0.15, -0.1) is 0 Å². The lowest BCUT2D eigenvalue weighted by atomic mass is 10.1. The summed E-state index contributed by atoms with van der Waals surface area (Å²) in [6.07, 6.45) is 3.06. The molecule has 0 radical (unpaired) electrons. The third kappa shape index (κ3) is 4.42. The molecule has 0 aliphatic carbocycles. The number of rotatable bonds is 6. The zero-order valence-electron chi connectivity index (χ0n) is 10.8. The van der Waals surface area contributed by atoms with Crippen LogP contribution >= 0.6 is 11.8 Å². The molecule has 0 spiro atoms. The van der Waals surface area contributed by atoms with Crippen molar-refractivity contribution in [1.82, 2.24) is 9.55 Å². The summed E-state index contributed by atoms with van der Waals surface area (Å²) in [5.74, 6) is -0.131. The second kappa shape index (κ2) is 6.10. The van der Waals surface area contributed by atoms with E-state index in [0.717, 1.165) is 17.3 Å². The third-order valence-electron chi connectivity index (χ3n) is 2.43. The number of hydrogen-bond acceptors (Lipinski definition) is 3. The highest BCUT2D eigenvalue weighted by Crippen LogP contribution is 2.25. The van der Waals surface area contributed by atoms with Gasteiger partial charge in [0, 0.05) is 12.2 Å². The molecule has 1 unspecified atom stereocenters. The lowest BCUT2D eigenvalue weighted by Gasteiger charge is -2.17. The lowest BCUT2D eigenvalue weighted by Crippen LogP contribution is -2.09. The van der Waals surface area contributed by atoms with Crippen LogP contribution < -0.4 is 0 Å². The minimum absolute atomic E-state index is 0.0604. The van der Waals surface area contributed by atoms with Crippen molar-refractivity contribution < 1.29 is 9.90 Å². The van der Waals surface area contributed by atoms with Crippen molar-refractivity contribution in [2.75, 3.05) is 5.75 Å². The maximum absolute atomic E-state index is 10.6. The van der Waals surface area contributed by atoms with Crippen molar-refractivity contribution in [2.24, 2.45) is 5.92 Å². The SMILES string of the molecule is Cc1cn(C(C)CC(C)C)c(SCC(=O)O)n1. The standard InChI is InChI=1S/C12H20N2O2S/c1-8(2)5-10(4)14-6-9(3)13-12(14)17-7-11(15)16/h6,8,10H,5,7H2,1-4H3,(H,15,16). The summed E-state index contributed by atoms with van der Waals surface area (Å²) < 4.78 is 2.09. The molecule has 0 amide bonds. The van der Waals surface area contributed by atoms with Crippen LogP contribution in [-0.2, 0) is 4.79 Å². The second-order valence-electron chi connectivity index (χ2n) is 4.73. The molecule has 1 N–H and O–H groups in total. The van der Waals surface area contributed by atoms with E-state index in [2.05, 4.69) is 30.3 Å². The maximum Gasteiger partial charge on any atom is 0.313 e. The summed E-state index contributed by atoms with van der Waals surface area (Å²) in [5.41, 5.74) is 0.938. The van der Waals surface area contributed by atoms with Crippen LogP contribution in [0.1, 0.15) is 38.9 Å². The van der Waals surface area contributed by atoms with E-state index in [0.29, 0.717) is 12.0 Å². The normalized spacial score (nSPS) is 13.0. The smallest absolute Gasteiger partial charge is 0.313 e. The first-order chi connectivity index (χ1) is 7.90. The number of aromatic nitrogens is 2. The number of aliphatic carboxylic acids is 1. The predicted molar refractivity (Wildman–Crippen MR) is 69.5 cm³/mol. The summed E-state index contributed by atoms with van der Waals surface area (Å²) in [6.45, 7) is 8.45.